The van der Waals surface area contributed by atoms with Crippen LogP contribution in [0.25, 0.3) is 11.0 Å². The third-order valence-corrected chi connectivity index (χ3v) is 5.51. The number of fused-ring (bicyclic) bond motifs is 1. The molecule has 1 heterocycles. The summed E-state index contributed by atoms with van der Waals surface area (Å²) in [6, 6.07) is 6.30. The first-order valence-electron chi connectivity index (χ1n) is 7.47. The summed E-state index contributed by atoms with van der Waals surface area (Å²) in [7, 11) is -3.83. The Hall–Kier alpha value is -2.37. The molecule has 8 heteroatoms. The second-order valence-corrected chi connectivity index (χ2v) is 7.42. The van der Waals surface area contributed by atoms with Crippen LogP contribution in [0, 0.1) is 18.3 Å². The van der Waals surface area contributed by atoms with E-state index < -0.39 is 21.5 Å². The fourth-order valence-corrected chi connectivity index (χ4v) is 3.84. The monoisotopic (exact) mass is 348 g/mol. The van der Waals surface area contributed by atoms with Gasteiger partial charge in [0, 0.05) is 10.9 Å². The van der Waals surface area contributed by atoms with Crippen LogP contribution in [0.4, 0.5) is 0 Å². The first-order valence-corrected chi connectivity index (χ1v) is 8.96. The molecule has 2 aromatic rings. The van der Waals surface area contributed by atoms with Gasteiger partial charge in [-0.2, -0.15) is 9.98 Å². The molecule has 1 aliphatic rings. The summed E-state index contributed by atoms with van der Waals surface area (Å²) in [6.45, 7) is 3.57. The quantitative estimate of drug-likeness (QED) is 0.830. The van der Waals surface area contributed by atoms with Crippen molar-refractivity contribution in [3.8, 4) is 6.07 Å². The van der Waals surface area contributed by atoms with E-state index >= 15 is 0 Å². The van der Waals surface area contributed by atoms with Crippen LogP contribution in [0.15, 0.2) is 27.5 Å². The Balaban J connectivity index is 2.01. The van der Waals surface area contributed by atoms with E-state index in [4.69, 9.17) is 14.4 Å². The first-order chi connectivity index (χ1) is 11.3. The number of carbonyl (C=O) groups is 1. The van der Waals surface area contributed by atoms with Crippen molar-refractivity contribution in [2.24, 2.45) is 0 Å². The molecule has 0 aliphatic heterocycles. The van der Waals surface area contributed by atoms with Gasteiger partial charge >= 0.3 is 5.97 Å². The second-order valence-electron chi connectivity index (χ2n) is 5.73. The fraction of sp³-hybridized carbons (Fsp3) is 0.375. The Morgan fingerprint density at radius 3 is 2.75 bits per heavy atom. The number of ether oxygens (including phenoxy) is 1. The van der Waals surface area contributed by atoms with Gasteiger partial charge in [-0.25, -0.2) is 13.2 Å². The van der Waals surface area contributed by atoms with E-state index in [0.29, 0.717) is 29.4 Å². The number of aryl methyl sites for hydroxylation is 1. The molecule has 0 spiro atoms. The van der Waals surface area contributed by atoms with Crippen LogP contribution in [0.5, 0.6) is 0 Å². The minimum absolute atomic E-state index is 0.0239. The number of sulfonamides is 1. The molecule has 1 aromatic heterocycles. The molecule has 1 saturated carbocycles. The molecule has 1 fully saturated rings. The number of nitriles is 1. The molecule has 0 amide bonds. The van der Waals surface area contributed by atoms with Crippen molar-refractivity contribution in [3.05, 3.63) is 29.5 Å². The zero-order valence-electron chi connectivity index (χ0n) is 13.3. The highest BCUT2D eigenvalue weighted by Crippen LogP contribution is 2.36. The van der Waals surface area contributed by atoms with Crippen LogP contribution in [0.1, 0.15) is 35.9 Å². The summed E-state index contributed by atoms with van der Waals surface area (Å²) in [5.41, 5.74) is -0.0761. The van der Waals surface area contributed by atoms with E-state index in [-0.39, 0.29) is 17.3 Å². The lowest BCUT2D eigenvalue weighted by molar-refractivity contribution is 0.0491. The number of carbonyl (C=O) groups excluding carboxylic acids is 1. The lowest BCUT2D eigenvalue weighted by Gasteiger charge is -2.10. The molecular weight excluding hydrogens is 332 g/mol. The molecule has 7 nitrogen and oxygen atoms in total. The maximum Gasteiger partial charge on any atom is 0.374 e. The third kappa shape index (κ3) is 2.77. The highest BCUT2D eigenvalue weighted by Gasteiger charge is 2.46. The van der Waals surface area contributed by atoms with Crippen LogP contribution >= 0.6 is 0 Å². The zero-order valence-corrected chi connectivity index (χ0v) is 14.1. The normalized spacial score (nSPS) is 15.9. The fourth-order valence-electron chi connectivity index (χ4n) is 2.44. The number of benzene rings is 1. The number of rotatable bonds is 5. The van der Waals surface area contributed by atoms with Gasteiger partial charge in [-0.05, 0) is 44.9 Å². The van der Waals surface area contributed by atoms with E-state index in [0.717, 1.165) is 0 Å². The number of nitrogens with zero attached hydrogens (tertiary/aromatic N) is 1. The Labute approximate surface area is 139 Å². The smallest absolute Gasteiger partial charge is 0.374 e. The Bertz CT molecular complexity index is 964. The van der Waals surface area contributed by atoms with Gasteiger partial charge < -0.3 is 9.15 Å². The lowest BCUT2D eigenvalue weighted by atomic mass is 10.1. The predicted octanol–water partition coefficient (Wildman–Crippen LogP) is 2.25. The molecule has 0 atom stereocenters. The maximum atomic E-state index is 12.5. The molecule has 24 heavy (non-hydrogen) atoms. The van der Waals surface area contributed by atoms with Gasteiger partial charge in [-0.1, -0.05) is 0 Å². The zero-order chi connectivity index (χ0) is 17.5. The molecule has 1 N–H and O–H groups in total. The van der Waals surface area contributed by atoms with Crippen molar-refractivity contribution in [2.45, 2.75) is 37.1 Å². The van der Waals surface area contributed by atoms with Crippen molar-refractivity contribution in [2.75, 3.05) is 6.61 Å². The predicted molar refractivity (Wildman–Crippen MR) is 84.8 cm³/mol. The average molecular weight is 348 g/mol. The first kappa shape index (κ1) is 16.5. The van der Waals surface area contributed by atoms with Crippen molar-refractivity contribution < 1.29 is 22.4 Å². The van der Waals surface area contributed by atoms with Gasteiger partial charge in [0.2, 0.25) is 15.8 Å². The van der Waals surface area contributed by atoms with Gasteiger partial charge in [0.25, 0.3) is 0 Å². The van der Waals surface area contributed by atoms with Crippen molar-refractivity contribution in [1.82, 2.24) is 4.72 Å². The molecular formula is C16H16N2O5S. The van der Waals surface area contributed by atoms with Gasteiger partial charge in [-0.3, -0.25) is 0 Å². The topological polar surface area (TPSA) is 109 Å². The van der Waals surface area contributed by atoms with Crippen molar-refractivity contribution in [1.29, 1.82) is 5.26 Å². The maximum absolute atomic E-state index is 12.5. The highest BCUT2D eigenvalue weighted by atomic mass is 32.2. The number of furan rings is 1. The average Bonchev–Trinajstić information content (AvgIpc) is 3.23. The summed E-state index contributed by atoms with van der Waals surface area (Å²) in [5, 5.41) is 9.57. The van der Waals surface area contributed by atoms with Gasteiger partial charge in [0.05, 0.1) is 17.6 Å². The summed E-state index contributed by atoms with van der Waals surface area (Å²) >= 11 is 0. The van der Waals surface area contributed by atoms with E-state index in [9.17, 15) is 13.2 Å². The number of hydrogen-bond acceptors (Lipinski definition) is 6. The number of hydrogen-bond donors (Lipinski definition) is 1. The summed E-state index contributed by atoms with van der Waals surface area (Å²) in [5.74, 6) is -0.528. The van der Waals surface area contributed by atoms with Crippen LogP contribution in [0.2, 0.25) is 0 Å². The largest absolute Gasteiger partial charge is 0.460 e. The van der Waals surface area contributed by atoms with Crippen molar-refractivity contribution in [3.63, 3.8) is 0 Å². The number of esters is 1. The van der Waals surface area contributed by atoms with Crippen molar-refractivity contribution >= 4 is 27.0 Å². The Kier molecular flexibility index (Phi) is 3.86. The molecule has 0 bridgehead atoms. The molecule has 0 saturated heterocycles. The summed E-state index contributed by atoms with van der Waals surface area (Å²) in [4.78, 5) is 11.9. The molecule has 3 rings (SSSR count). The highest BCUT2D eigenvalue weighted by molar-refractivity contribution is 7.89. The van der Waals surface area contributed by atoms with Crippen LogP contribution in [-0.2, 0) is 14.8 Å². The van der Waals surface area contributed by atoms with Gasteiger partial charge in [-0.15, -0.1) is 0 Å². The summed E-state index contributed by atoms with van der Waals surface area (Å²) in [6.07, 6.45) is 1.01. The third-order valence-electron chi connectivity index (χ3n) is 3.97. The van der Waals surface area contributed by atoms with E-state index in [1.54, 1.807) is 13.8 Å². The Morgan fingerprint density at radius 2 is 2.17 bits per heavy atom. The van der Waals surface area contributed by atoms with Crippen LogP contribution in [-0.4, -0.2) is 26.5 Å². The van der Waals surface area contributed by atoms with Crippen LogP contribution < -0.4 is 4.72 Å². The minimum Gasteiger partial charge on any atom is -0.460 e. The van der Waals surface area contributed by atoms with E-state index in [1.165, 1.54) is 18.2 Å². The molecule has 1 aromatic carbocycles. The second kappa shape index (κ2) is 5.61. The minimum atomic E-state index is -3.83. The number of nitrogens with one attached hydrogen (secondary N) is 1. The SMILES string of the molecule is CCOC(=O)c1oc2ccc(S(=O)(=O)NC3(C#N)CC3)cc2c1C. The van der Waals surface area contributed by atoms with Gasteiger partial charge in [0.15, 0.2) is 0 Å². The molecule has 0 radical (unpaired) electrons. The molecule has 0 unspecified atom stereocenters. The molecule has 1 aliphatic carbocycles. The van der Waals surface area contributed by atoms with Gasteiger partial charge in [0.1, 0.15) is 11.1 Å². The van der Waals surface area contributed by atoms with E-state index in [1.807, 2.05) is 6.07 Å². The van der Waals surface area contributed by atoms with E-state index in [2.05, 4.69) is 4.72 Å². The standard InChI is InChI=1S/C16H16N2O5S/c1-3-22-15(19)14-10(2)12-8-11(4-5-13(12)23-14)24(20,21)18-16(9-17)6-7-16/h4-5,8,18H,3,6-7H2,1-2H3. The summed E-state index contributed by atoms with van der Waals surface area (Å²) < 4.78 is 37.8. The van der Waals surface area contributed by atoms with Crippen LogP contribution in [0.3, 0.4) is 0 Å². The Morgan fingerprint density at radius 1 is 1.46 bits per heavy atom. The lowest BCUT2D eigenvalue weighted by Crippen LogP contribution is -2.35. The molecule has 126 valence electrons.